The van der Waals surface area contributed by atoms with Crippen molar-refractivity contribution in [1.29, 1.82) is 0 Å². The van der Waals surface area contributed by atoms with Gasteiger partial charge in [-0.15, -0.1) is 0 Å². The van der Waals surface area contributed by atoms with Gasteiger partial charge in [-0.2, -0.15) is 0 Å². The van der Waals surface area contributed by atoms with Gasteiger partial charge in [-0.1, -0.05) is 0 Å². The molecule has 3 heteroatoms. The maximum atomic E-state index is 5.65. The maximum absolute atomic E-state index is 5.65. The molecule has 72 valence electrons. The molecule has 1 aromatic rings. The van der Waals surface area contributed by atoms with Crippen LogP contribution in [-0.4, -0.2) is 16.1 Å². The first-order valence-electron chi connectivity index (χ1n) is 5.07. The number of imidazole rings is 1. The van der Waals surface area contributed by atoms with Crippen molar-refractivity contribution in [3.05, 3.63) is 18.7 Å². The second-order valence-electron chi connectivity index (χ2n) is 3.92. The third-order valence-corrected chi connectivity index (χ3v) is 3.10. The first-order valence-corrected chi connectivity index (χ1v) is 5.07. The fourth-order valence-corrected chi connectivity index (χ4v) is 2.16. The van der Waals surface area contributed by atoms with Crippen LogP contribution < -0.4 is 5.73 Å². The number of rotatable bonds is 2. The van der Waals surface area contributed by atoms with Crippen LogP contribution >= 0.6 is 0 Å². The van der Waals surface area contributed by atoms with Crippen molar-refractivity contribution >= 4 is 0 Å². The Kier molecular flexibility index (Phi) is 2.64. The maximum Gasteiger partial charge on any atom is 0.0948 e. The van der Waals surface area contributed by atoms with Crippen molar-refractivity contribution in [3.8, 4) is 0 Å². The molecule has 0 bridgehead atoms. The van der Waals surface area contributed by atoms with Crippen LogP contribution in [0.5, 0.6) is 0 Å². The molecule has 0 radical (unpaired) electrons. The topological polar surface area (TPSA) is 43.8 Å². The molecule has 1 saturated carbocycles. The van der Waals surface area contributed by atoms with Crippen molar-refractivity contribution in [3.63, 3.8) is 0 Å². The van der Waals surface area contributed by atoms with Gasteiger partial charge in [-0.05, 0) is 38.1 Å². The van der Waals surface area contributed by atoms with Crippen LogP contribution in [0.3, 0.4) is 0 Å². The summed E-state index contributed by atoms with van der Waals surface area (Å²) in [5.41, 5.74) is 5.65. The Hall–Kier alpha value is -0.830. The summed E-state index contributed by atoms with van der Waals surface area (Å²) in [6.07, 6.45) is 10.9. The summed E-state index contributed by atoms with van der Waals surface area (Å²) in [6, 6.07) is 0.672. The van der Waals surface area contributed by atoms with Gasteiger partial charge in [0, 0.05) is 18.4 Å². The molecular weight excluding hydrogens is 162 g/mol. The number of aromatic nitrogens is 2. The Bertz CT molecular complexity index is 235. The molecule has 0 aromatic carbocycles. The summed E-state index contributed by atoms with van der Waals surface area (Å²) in [4.78, 5) is 4.07. The Morgan fingerprint density at radius 1 is 1.31 bits per heavy atom. The second kappa shape index (κ2) is 3.92. The van der Waals surface area contributed by atoms with Gasteiger partial charge in [0.2, 0.25) is 0 Å². The lowest BCUT2D eigenvalue weighted by molar-refractivity contribution is 0.279. The van der Waals surface area contributed by atoms with E-state index in [9.17, 15) is 0 Å². The van der Waals surface area contributed by atoms with Gasteiger partial charge >= 0.3 is 0 Å². The van der Waals surface area contributed by atoms with Gasteiger partial charge in [0.25, 0.3) is 0 Å². The van der Waals surface area contributed by atoms with E-state index in [-0.39, 0.29) is 0 Å². The van der Waals surface area contributed by atoms with E-state index in [2.05, 4.69) is 15.7 Å². The number of hydrogen-bond acceptors (Lipinski definition) is 2. The highest BCUT2D eigenvalue weighted by atomic mass is 15.0. The number of nitrogens with two attached hydrogens (primary N) is 1. The molecule has 1 heterocycles. The molecule has 0 aliphatic heterocycles. The monoisotopic (exact) mass is 179 g/mol. The molecule has 1 fully saturated rings. The minimum Gasteiger partial charge on any atom is -0.334 e. The van der Waals surface area contributed by atoms with Crippen LogP contribution in [0, 0.1) is 5.92 Å². The summed E-state index contributed by atoms with van der Waals surface area (Å²) >= 11 is 0. The molecule has 2 rings (SSSR count). The van der Waals surface area contributed by atoms with Crippen LogP contribution in [0.2, 0.25) is 0 Å². The summed E-state index contributed by atoms with van der Waals surface area (Å²) in [5, 5.41) is 0. The molecule has 1 aromatic heterocycles. The third-order valence-electron chi connectivity index (χ3n) is 3.10. The fourth-order valence-electron chi connectivity index (χ4n) is 2.16. The lowest BCUT2D eigenvalue weighted by Gasteiger charge is -2.28. The zero-order chi connectivity index (χ0) is 9.10. The smallest absolute Gasteiger partial charge is 0.0948 e. The molecule has 2 N–H and O–H groups in total. The quantitative estimate of drug-likeness (QED) is 0.749. The lowest BCUT2D eigenvalue weighted by Crippen LogP contribution is -2.22. The Morgan fingerprint density at radius 3 is 2.62 bits per heavy atom. The zero-order valence-electron chi connectivity index (χ0n) is 7.89. The van der Waals surface area contributed by atoms with E-state index in [0.717, 1.165) is 12.5 Å². The van der Waals surface area contributed by atoms with E-state index in [1.807, 2.05) is 12.5 Å². The highest BCUT2D eigenvalue weighted by molar-refractivity contribution is 4.84. The molecule has 0 amide bonds. The van der Waals surface area contributed by atoms with Gasteiger partial charge in [0.05, 0.1) is 6.33 Å². The van der Waals surface area contributed by atoms with Gasteiger partial charge < -0.3 is 10.3 Å². The average molecular weight is 179 g/mol. The van der Waals surface area contributed by atoms with Crippen molar-refractivity contribution in [2.45, 2.75) is 31.7 Å². The predicted molar refractivity (Wildman–Crippen MR) is 52.3 cm³/mol. The molecule has 13 heavy (non-hydrogen) atoms. The van der Waals surface area contributed by atoms with Crippen molar-refractivity contribution in [2.75, 3.05) is 6.54 Å². The van der Waals surface area contributed by atoms with E-state index in [0.29, 0.717) is 6.04 Å². The second-order valence-corrected chi connectivity index (χ2v) is 3.92. The standard InChI is InChI=1S/C10H17N3/c11-7-9-1-3-10(4-2-9)13-6-5-12-8-13/h5-6,8-10H,1-4,7,11H2. The highest BCUT2D eigenvalue weighted by Crippen LogP contribution is 2.31. The van der Waals surface area contributed by atoms with Crippen molar-refractivity contribution in [1.82, 2.24) is 9.55 Å². The molecule has 3 nitrogen and oxygen atoms in total. The predicted octanol–water partition coefficient (Wildman–Crippen LogP) is 1.57. The lowest BCUT2D eigenvalue weighted by atomic mass is 9.86. The third kappa shape index (κ3) is 1.91. The average Bonchev–Trinajstić information content (AvgIpc) is 2.71. The Balaban J connectivity index is 1.92. The summed E-state index contributed by atoms with van der Waals surface area (Å²) < 4.78 is 2.23. The van der Waals surface area contributed by atoms with Crippen LogP contribution in [-0.2, 0) is 0 Å². The first kappa shape index (κ1) is 8.75. The van der Waals surface area contributed by atoms with Crippen LogP contribution in [0.4, 0.5) is 0 Å². The molecular formula is C10H17N3. The van der Waals surface area contributed by atoms with E-state index < -0.39 is 0 Å². The SMILES string of the molecule is NCC1CCC(n2ccnc2)CC1. The molecule has 0 unspecified atom stereocenters. The molecule has 0 saturated heterocycles. The molecule has 1 aliphatic carbocycles. The number of nitrogens with zero attached hydrogens (tertiary/aromatic N) is 2. The normalized spacial score (nSPS) is 29.0. The number of hydrogen-bond donors (Lipinski definition) is 1. The molecule has 0 spiro atoms. The van der Waals surface area contributed by atoms with Gasteiger partial charge in [-0.3, -0.25) is 0 Å². The molecule has 0 atom stereocenters. The van der Waals surface area contributed by atoms with Crippen molar-refractivity contribution in [2.24, 2.45) is 11.7 Å². The van der Waals surface area contributed by atoms with E-state index >= 15 is 0 Å². The van der Waals surface area contributed by atoms with Gasteiger partial charge in [0.15, 0.2) is 0 Å². The van der Waals surface area contributed by atoms with Crippen LogP contribution in [0.15, 0.2) is 18.7 Å². The summed E-state index contributed by atoms with van der Waals surface area (Å²) in [7, 11) is 0. The van der Waals surface area contributed by atoms with Gasteiger partial charge in [-0.25, -0.2) is 4.98 Å². The molecule has 1 aliphatic rings. The zero-order valence-corrected chi connectivity index (χ0v) is 7.89. The largest absolute Gasteiger partial charge is 0.334 e. The highest BCUT2D eigenvalue weighted by Gasteiger charge is 2.20. The minimum absolute atomic E-state index is 0.672. The minimum atomic E-state index is 0.672. The van der Waals surface area contributed by atoms with Crippen LogP contribution in [0.1, 0.15) is 31.7 Å². The van der Waals surface area contributed by atoms with E-state index in [1.54, 1.807) is 0 Å². The first-order chi connectivity index (χ1) is 6.40. The summed E-state index contributed by atoms with van der Waals surface area (Å²) in [6.45, 7) is 0.858. The van der Waals surface area contributed by atoms with E-state index in [4.69, 9.17) is 5.73 Å². The van der Waals surface area contributed by atoms with E-state index in [1.165, 1.54) is 25.7 Å². The Morgan fingerprint density at radius 2 is 2.08 bits per heavy atom. The fraction of sp³-hybridized carbons (Fsp3) is 0.700. The van der Waals surface area contributed by atoms with Crippen molar-refractivity contribution < 1.29 is 0 Å². The van der Waals surface area contributed by atoms with Gasteiger partial charge in [0.1, 0.15) is 0 Å². The Labute approximate surface area is 79.0 Å². The van der Waals surface area contributed by atoms with Crippen LogP contribution in [0.25, 0.3) is 0 Å². The summed E-state index contributed by atoms with van der Waals surface area (Å²) in [5.74, 6) is 0.764.